The van der Waals surface area contributed by atoms with Crippen LogP contribution in [0.2, 0.25) is 0 Å². The van der Waals surface area contributed by atoms with Crippen molar-refractivity contribution in [1.29, 1.82) is 0 Å². The van der Waals surface area contributed by atoms with E-state index in [1.165, 1.54) is 0 Å². The molecule has 0 bridgehead atoms. The summed E-state index contributed by atoms with van der Waals surface area (Å²) in [6, 6.07) is 0. The van der Waals surface area contributed by atoms with Gasteiger partial charge in [0.2, 0.25) is 0 Å². The van der Waals surface area contributed by atoms with Crippen molar-refractivity contribution < 1.29 is 62.3 Å². The zero-order chi connectivity index (χ0) is 19.3. The van der Waals surface area contributed by atoms with Crippen LogP contribution in [0, 0.1) is 5.41 Å². The summed E-state index contributed by atoms with van der Waals surface area (Å²) in [5.41, 5.74) is -7.06. The smallest absolute Gasteiger partial charge is 0.302 e. The number of carbonyl (C=O) groups is 2. The van der Waals surface area contributed by atoms with Gasteiger partial charge in [-0.1, -0.05) is 0 Å². The molecule has 0 aliphatic carbocycles. The molecule has 136 valence electrons. The Morgan fingerprint density at radius 3 is 1.22 bits per heavy atom. The number of alkyl halides is 12. The normalized spacial score (nSPS) is 17.6. The predicted octanol–water partition coefficient (Wildman–Crippen LogP) is 3.97. The van der Waals surface area contributed by atoms with Crippen molar-refractivity contribution in [3.63, 3.8) is 0 Å². The van der Waals surface area contributed by atoms with Gasteiger partial charge in [-0.15, -0.1) is 0 Å². The maximum absolute atomic E-state index is 13.3. The van der Waals surface area contributed by atoms with Crippen molar-refractivity contribution >= 4 is 23.1 Å². The highest BCUT2D eigenvalue weighted by atomic mass is 35.5. The fraction of sp³-hybridized carbons (Fsp3) is 0.750. The molecule has 0 fully saturated rings. The number of hydrogen-bond acceptors (Lipinski definition) is 2. The minimum absolute atomic E-state index is 2.60. The first-order chi connectivity index (χ1) is 9.75. The van der Waals surface area contributed by atoms with E-state index in [0.29, 0.717) is 0 Å². The third-order valence-corrected chi connectivity index (χ3v) is 2.85. The SMILES string of the molecule is O=CC(C(F)(F)F)(C(F)(F)C(=O)Cl)C(F)(F)C(F)(F)C(F)(F)F. The summed E-state index contributed by atoms with van der Waals surface area (Å²) in [6.45, 7) is 0. The molecule has 0 spiro atoms. The third kappa shape index (κ3) is 2.63. The fourth-order valence-electron chi connectivity index (χ4n) is 1.35. The second kappa shape index (κ2) is 5.41. The fourth-order valence-corrected chi connectivity index (χ4v) is 1.50. The van der Waals surface area contributed by atoms with Gasteiger partial charge in [0, 0.05) is 0 Å². The van der Waals surface area contributed by atoms with Gasteiger partial charge < -0.3 is 4.79 Å². The topological polar surface area (TPSA) is 34.1 Å². The van der Waals surface area contributed by atoms with Crippen LogP contribution in [0.1, 0.15) is 0 Å². The van der Waals surface area contributed by atoms with E-state index in [0.717, 1.165) is 0 Å². The molecule has 15 heteroatoms. The summed E-state index contributed by atoms with van der Waals surface area (Å²) in [4.78, 5) is 20.5. The van der Waals surface area contributed by atoms with Gasteiger partial charge in [-0.25, -0.2) is 0 Å². The quantitative estimate of drug-likeness (QED) is 0.403. The van der Waals surface area contributed by atoms with Gasteiger partial charge in [0.05, 0.1) is 0 Å². The number of carbonyl (C=O) groups excluding carboxylic acids is 2. The van der Waals surface area contributed by atoms with E-state index in [9.17, 15) is 62.3 Å². The molecule has 0 rings (SSSR count). The zero-order valence-electron chi connectivity index (χ0n) is 9.81. The highest BCUT2D eigenvalue weighted by molar-refractivity contribution is 6.65. The molecular weight excluding hydrogens is 392 g/mol. The van der Waals surface area contributed by atoms with Gasteiger partial charge in [-0.3, -0.25) is 4.79 Å². The average molecular weight is 393 g/mol. The molecule has 23 heavy (non-hydrogen) atoms. The first-order valence-corrected chi connectivity index (χ1v) is 5.06. The summed E-state index contributed by atoms with van der Waals surface area (Å²) >= 11 is 3.90. The van der Waals surface area contributed by atoms with Crippen molar-refractivity contribution in [3.05, 3.63) is 0 Å². The lowest BCUT2D eigenvalue weighted by Crippen LogP contribution is -2.73. The summed E-state index contributed by atoms with van der Waals surface area (Å²) in [5.74, 6) is -22.4. The van der Waals surface area contributed by atoms with Gasteiger partial charge in [0.15, 0.2) is 0 Å². The Hall–Kier alpha value is -1.21. The van der Waals surface area contributed by atoms with E-state index >= 15 is 0 Å². The highest BCUT2D eigenvalue weighted by Crippen LogP contribution is 2.64. The lowest BCUT2D eigenvalue weighted by atomic mass is 9.73. The third-order valence-electron chi connectivity index (χ3n) is 2.61. The molecular formula is C8HClF12O2. The predicted molar refractivity (Wildman–Crippen MR) is 46.3 cm³/mol. The number of aldehydes is 1. The Morgan fingerprint density at radius 1 is 0.696 bits per heavy atom. The van der Waals surface area contributed by atoms with Crippen LogP contribution in [0.4, 0.5) is 52.7 Å². The maximum atomic E-state index is 13.3. The molecule has 0 aromatic carbocycles. The molecule has 2 nitrogen and oxygen atoms in total. The lowest BCUT2D eigenvalue weighted by molar-refractivity contribution is -0.421. The monoisotopic (exact) mass is 392 g/mol. The number of rotatable bonds is 5. The first-order valence-electron chi connectivity index (χ1n) is 4.69. The molecule has 0 heterocycles. The molecule has 1 unspecified atom stereocenters. The van der Waals surface area contributed by atoms with Crippen LogP contribution in [0.3, 0.4) is 0 Å². The Balaban J connectivity index is 7.00. The standard InChI is InChI=1S/C8HClF12O2/c9-2(23)4(10,11)3(1-22,7(16,17)18)5(12,13)6(14,15)8(19,20)21/h1H. The van der Waals surface area contributed by atoms with E-state index in [-0.39, 0.29) is 0 Å². The largest absolute Gasteiger partial charge is 0.459 e. The molecule has 1 atom stereocenters. The summed E-state index contributed by atoms with van der Waals surface area (Å²) in [5, 5.41) is -3.69. The van der Waals surface area contributed by atoms with Crippen LogP contribution < -0.4 is 0 Å². The molecule has 0 saturated carbocycles. The van der Waals surface area contributed by atoms with E-state index in [2.05, 4.69) is 11.6 Å². The van der Waals surface area contributed by atoms with Crippen LogP contribution in [-0.4, -0.2) is 41.6 Å². The summed E-state index contributed by atoms with van der Waals surface area (Å²) in [7, 11) is 0. The van der Waals surface area contributed by atoms with Crippen molar-refractivity contribution in [1.82, 2.24) is 0 Å². The van der Waals surface area contributed by atoms with E-state index in [1.54, 1.807) is 0 Å². The molecule has 0 amide bonds. The minimum Gasteiger partial charge on any atom is -0.302 e. The van der Waals surface area contributed by atoms with Crippen molar-refractivity contribution in [2.24, 2.45) is 5.41 Å². The summed E-state index contributed by atoms with van der Waals surface area (Å²) in [6.07, 6.45) is -17.5. The van der Waals surface area contributed by atoms with Gasteiger partial charge in [0.25, 0.3) is 10.7 Å². The second-order valence-corrected chi connectivity index (χ2v) is 4.26. The Bertz CT molecular complexity index is 492. The van der Waals surface area contributed by atoms with Crippen LogP contribution in [0.5, 0.6) is 0 Å². The van der Waals surface area contributed by atoms with Crippen molar-refractivity contribution in [3.8, 4) is 0 Å². The minimum atomic E-state index is -7.81. The van der Waals surface area contributed by atoms with Crippen LogP contribution in [0.15, 0.2) is 0 Å². The number of halogens is 13. The van der Waals surface area contributed by atoms with E-state index in [4.69, 9.17) is 0 Å². The molecule has 0 aliphatic heterocycles. The van der Waals surface area contributed by atoms with Gasteiger partial charge in [-0.05, 0) is 11.6 Å². The second-order valence-electron chi connectivity index (χ2n) is 3.92. The Morgan fingerprint density at radius 2 is 1.04 bits per heavy atom. The maximum Gasteiger partial charge on any atom is 0.459 e. The number of hydrogen-bond donors (Lipinski definition) is 0. The lowest BCUT2D eigenvalue weighted by Gasteiger charge is -2.43. The van der Waals surface area contributed by atoms with E-state index < -0.39 is 47.1 Å². The average Bonchev–Trinajstić information content (AvgIpc) is 2.25. The Kier molecular flexibility index (Phi) is 5.13. The van der Waals surface area contributed by atoms with Crippen molar-refractivity contribution in [2.45, 2.75) is 30.1 Å². The van der Waals surface area contributed by atoms with E-state index in [1.807, 2.05) is 0 Å². The van der Waals surface area contributed by atoms with Gasteiger partial charge in [-0.2, -0.15) is 52.7 Å². The Labute approximate surface area is 122 Å². The van der Waals surface area contributed by atoms with Gasteiger partial charge in [0.1, 0.15) is 6.29 Å². The molecule has 0 N–H and O–H groups in total. The van der Waals surface area contributed by atoms with Crippen LogP contribution in [0.25, 0.3) is 0 Å². The van der Waals surface area contributed by atoms with Crippen LogP contribution >= 0.6 is 11.6 Å². The molecule has 0 aromatic heterocycles. The zero-order valence-corrected chi connectivity index (χ0v) is 10.6. The highest BCUT2D eigenvalue weighted by Gasteiger charge is 2.92. The molecule has 0 aromatic rings. The molecule has 0 saturated heterocycles. The summed E-state index contributed by atoms with van der Waals surface area (Å²) < 4.78 is 152. The molecule has 0 aliphatic rings. The van der Waals surface area contributed by atoms with Gasteiger partial charge >= 0.3 is 30.1 Å². The van der Waals surface area contributed by atoms with Crippen molar-refractivity contribution in [2.75, 3.05) is 0 Å². The van der Waals surface area contributed by atoms with Crippen LogP contribution in [-0.2, 0) is 9.59 Å². The molecule has 0 radical (unpaired) electrons. The first kappa shape index (κ1) is 21.8.